The highest BCUT2D eigenvalue weighted by Crippen LogP contribution is 2.19. The smallest absolute Gasteiger partial charge is 0.268 e. The Labute approximate surface area is 176 Å². The number of hydrogen-bond acceptors (Lipinski definition) is 3. The molecule has 0 unspecified atom stereocenters. The third kappa shape index (κ3) is 5.06. The second-order valence-electron chi connectivity index (χ2n) is 7.40. The van der Waals surface area contributed by atoms with Crippen molar-refractivity contribution in [1.82, 2.24) is 10.6 Å². The van der Waals surface area contributed by atoms with Crippen LogP contribution in [0, 0.1) is 20.8 Å². The summed E-state index contributed by atoms with van der Waals surface area (Å²) in [6.07, 6.45) is 3.05. The Hall–Kier alpha value is -3.60. The fourth-order valence-electron chi connectivity index (χ4n) is 3.27. The third-order valence-electron chi connectivity index (χ3n) is 4.96. The summed E-state index contributed by atoms with van der Waals surface area (Å²) in [4.78, 5) is 25.9. The summed E-state index contributed by atoms with van der Waals surface area (Å²) in [5.74, 6) is -0.258. The van der Waals surface area contributed by atoms with Crippen LogP contribution in [0.4, 0.5) is 0 Å². The van der Waals surface area contributed by atoms with E-state index < -0.39 is 0 Å². The minimum Gasteiger partial charge on any atom is -0.465 e. The number of rotatable bonds is 6. The first-order valence-corrected chi connectivity index (χ1v) is 9.85. The van der Waals surface area contributed by atoms with Crippen molar-refractivity contribution in [2.24, 2.45) is 0 Å². The minimum absolute atomic E-state index is 0.121. The van der Waals surface area contributed by atoms with E-state index in [1.165, 1.54) is 12.3 Å². The molecule has 1 heterocycles. The van der Waals surface area contributed by atoms with Crippen molar-refractivity contribution in [1.29, 1.82) is 0 Å². The molecule has 2 N–H and O–H groups in total. The molecule has 0 saturated heterocycles. The van der Waals surface area contributed by atoms with Crippen molar-refractivity contribution in [3.05, 3.63) is 100 Å². The zero-order valence-electron chi connectivity index (χ0n) is 17.7. The van der Waals surface area contributed by atoms with Gasteiger partial charge in [0, 0.05) is 11.6 Å². The average Bonchev–Trinajstić information content (AvgIpc) is 3.22. The topological polar surface area (TPSA) is 71.3 Å². The number of hydrogen-bond donors (Lipinski definition) is 2. The lowest BCUT2D eigenvalue weighted by Crippen LogP contribution is -2.36. The van der Waals surface area contributed by atoms with E-state index in [1.807, 2.05) is 52.0 Å². The number of amides is 2. The fourth-order valence-corrected chi connectivity index (χ4v) is 3.27. The van der Waals surface area contributed by atoms with Crippen LogP contribution in [0.15, 0.2) is 71.0 Å². The van der Waals surface area contributed by atoms with Crippen LogP contribution in [-0.4, -0.2) is 11.8 Å². The van der Waals surface area contributed by atoms with Gasteiger partial charge in [0.1, 0.15) is 11.5 Å². The van der Waals surface area contributed by atoms with Crippen molar-refractivity contribution in [3.8, 4) is 0 Å². The largest absolute Gasteiger partial charge is 0.465 e. The van der Waals surface area contributed by atoms with Gasteiger partial charge in [0.05, 0.1) is 12.3 Å². The normalized spacial score (nSPS) is 12.3. The number of benzene rings is 2. The summed E-state index contributed by atoms with van der Waals surface area (Å²) in [6, 6.07) is 16.6. The maximum absolute atomic E-state index is 13.1. The lowest BCUT2D eigenvalue weighted by molar-refractivity contribution is -0.118. The van der Waals surface area contributed by atoms with Gasteiger partial charge in [-0.3, -0.25) is 9.59 Å². The summed E-state index contributed by atoms with van der Waals surface area (Å²) >= 11 is 0. The Morgan fingerprint density at radius 1 is 0.967 bits per heavy atom. The second kappa shape index (κ2) is 9.27. The van der Waals surface area contributed by atoms with E-state index in [-0.39, 0.29) is 23.6 Å². The Bertz CT molecular complexity index is 1080. The van der Waals surface area contributed by atoms with Crippen LogP contribution < -0.4 is 10.6 Å². The number of nitrogens with one attached hydrogen (secondary N) is 2. The second-order valence-corrected chi connectivity index (χ2v) is 7.40. The molecule has 2 aromatic carbocycles. The van der Waals surface area contributed by atoms with E-state index >= 15 is 0 Å². The Balaban J connectivity index is 1.85. The van der Waals surface area contributed by atoms with E-state index in [2.05, 4.69) is 16.7 Å². The molecule has 0 radical (unpaired) electrons. The van der Waals surface area contributed by atoms with Crippen LogP contribution in [-0.2, 0) is 4.79 Å². The molecular weight excluding hydrogens is 376 g/mol. The fraction of sp³-hybridized carbons (Fsp3) is 0.200. The molecule has 0 fully saturated rings. The molecule has 0 aliphatic rings. The molecule has 3 rings (SSSR count). The lowest BCUT2D eigenvalue weighted by Gasteiger charge is -2.19. The average molecular weight is 402 g/mol. The summed E-state index contributed by atoms with van der Waals surface area (Å²) in [7, 11) is 0. The van der Waals surface area contributed by atoms with Crippen LogP contribution in [0.1, 0.15) is 51.3 Å². The molecule has 0 aliphatic carbocycles. The first kappa shape index (κ1) is 21.1. The predicted molar refractivity (Wildman–Crippen MR) is 118 cm³/mol. The van der Waals surface area contributed by atoms with E-state index in [4.69, 9.17) is 4.42 Å². The van der Waals surface area contributed by atoms with Crippen molar-refractivity contribution < 1.29 is 14.0 Å². The van der Waals surface area contributed by atoms with Crippen molar-refractivity contribution in [3.63, 3.8) is 0 Å². The summed E-state index contributed by atoms with van der Waals surface area (Å²) in [5, 5.41) is 5.73. The van der Waals surface area contributed by atoms with Gasteiger partial charge in [0.25, 0.3) is 11.8 Å². The Morgan fingerprint density at radius 2 is 1.73 bits per heavy atom. The van der Waals surface area contributed by atoms with E-state index in [0.29, 0.717) is 11.3 Å². The SMILES string of the molecule is Cc1ccc(C)c([C@@H](C)NC(=O)/C(=C/c2ccco2)NC(=O)c2ccccc2C)c1. The highest BCUT2D eigenvalue weighted by molar-refractivity contribution is 6.05. The van der Waals surface area contributed by atoms with E-state index in [9.17, 15) is 9.59 Å². The van der Waals surface area contributed by atoms with Crippen LogP contribution >= 0.6 is 0 Å². The quantitative estimate of drug-likeness (QED) is 0.579. The number of aryl methyl sites for hydroxylation is 3. The van der Waals surface area contributed by atoms with Crippen molar-refractivity contribution in [2.75, 3.05) is 0 Å². The zero-order chi connectivity index (χ0) is 21.7. The molecule has 3 aromatic rings. The number of carbonyl (C=O) groups excluding carboxylic acids is 2. The number of carbonyl (C=O) groups is 2. The molecule has 5 heteroatoms. The molecule has 1 atom stereocenters. The monoisotopic (exact) mass is 402 g/mol. The van der Waals surface area contributed by atoms with Gasteiger partial charge in [0.15, 0.2) is 0 Å². The van der Waals surface area contributed by atoms with Crippen molar-refractivity contribution in [2.45, 2.75) is 33.7 Å². The maximum Gasteiger partial charge on any atom is 0.268 e. The molecule has 5 nitrogen and oxygen atoms in total. The number of furan rings is 1. The van der Waals surface area contributed by atoms with Gasteiger partial charge in [-0.1, -0.05) is 42.0 Å². The molecule has 1 aromatic heterocycles. The molecule has 0 aliphatic heterocycles. The van der Waals surface area contributed by atoms with Gasteiger partial charge in [-0.2, -0.15) is 0 Å². The summed E-state index contributed by atoms with van der Waals surface area (Å²) in [5.41, 5.74) is 4.71. The standard InChI is InChI=1S/C25H26N2O3/c1-16-11-12-18(3)22(14-16)19(4)26-25(29)23(15-20-9-7-13-30-20)27-24(28)21-10-6-5-8-17(21)2/h5-15,19H,1-4H3,(H,26,29)(H,27,28)/b23-15-/t19-/m1/s1. The first-order chi connectivity index (χ1) is 14.3. The predicted octanol–water partition coefficient (Wildman–Crippen LogP) is 4.85. The van der Waals surface area contributed by atoms with Gasteiger partial charge < -0.3 is 15.1 Å². The molecule has 0 bridgehead atoms. The van der Waals surface area contributed by atoms with E-state index in [1.54, 1.807) is 24.3 Å². The van der Waals surface area contributed by atoms with Crippen molar-refractivity contribution >= 4 is 17.9 Å². The van der Waals surface area contributed by atoms with Gasteiger partial charge in [-0.05, 0) is 62.6 Å². The van der Waals surface area contributed by atoms with Crippen LogP contribution in [0.3, 0.4) is 0 Å². The minimum atomic E-state index is -0.387. The molecule has 2 amide bonds. The van der Waals surface area contributed by atoms with Gasteiger partial charge in [0.2, 0.25) is 0 Å². The highest BCUT2D eigenvalue weighted by atomic mass is 16.3. The van der Waals surface area contributed by atoms with Crippen LogP contribution in [0.2, 0.25) is 0 Å². The van der Waals surface area contributed by atoms with Gasteiger partial charge in [-0.15, -0.1) is 0 Å². The molecular formula is C25H26N2O3. The molecule has 154 valence electrons. The van der Waals surface area contributed by atoms with Crippen LogP contribution in [0.5, 0.6) is 0 Å². The Morgan fingerprint density at radius 3 is 2.43 bits per heavy atom. The van der Waals surface area contributed by atoms with Gasteiger partial charge in [-0.25, -0.2) is 0 Å². The Kier molecular flexibility index (Phi) is 6.52. The summed E-state index contributed by atoms with van der Waals surface area (Å²) in [6.45, 7) is 7.81. The zero-order valence-corrected chi connectivity index (χ0v) is 17.7. The van der Waals surface area contributed by atoms with Gasteiger partial charge >= 0.3 is 0 Å². The first-order valence-electron chi connectivity index (χ1n) is 9.85. The summed E-state index contributed by atoms with van der Waals surface area (Å²) < 4.78 is 5.34. The lowest BCUT2D eigenvalue weighted by atomic mass is 10.00. The molecule has 0 spiro atoms. The molecule has 30 heavy (non-hydrogen) atoms. The highest BCUT2D eigenvalue weighted by Gasteiger charge is 2.19. The maximum atomic E-state index is 13.1. The molecule has 0 saturated carbocycles. The van der Waals surface area contributed by atoms with E-state index in [0.717, 1.165) is 22.3 Å². The third-order valence-corrected chi connectivity index (χ3v) is 4.96. The van der Waals surface area contributed by atoms with Crippen LogP contribution in [0.25, 0.3) is 6.08 Å².